The molecule has 21 heavy (non-hydrogen) atoms. The van der Waals surface area contributed by atoms with Crippen molar-refractivity contribution in [1.82, 2.24) is 5.32 Å². The van der Waals surface area contributed by atoms with Crippen LogP contribution in [0.4, 0.5) is 0 Å². The zero-order chi connectivity index (χ0) is 15.7. The molecule has 0 spiro atoms. The Bertz CT molecular complexity index is 406. The van der Waals surface area contributed by atoms with Crippen LogP contribution in [0.2, 0.25) is 0 Å². The van der Waals surface area contributed by atoms with E-state index in [0.29, 0.717) is 12.5 Å². The average molecular weight is 293 g/mol. The first-order valence-corrected chi connectivity index (χ1v) is 7.97. The summed E-state index contributed by atoms with van der Waals surface area (Å²) < 4.78 is 11.2. The standard InChI is InChI=1S/C18H31NO2/c1-6-18(4,14-19-13-15(2)3)11-12-21-17-10-8-7-9-16(17)20-5/h7-10,15,19H,6,11-14H2,1-5H3. The molecule has 0 amide bonds. The van der Waals surface area contributed by atoms with Gasteiger partial charge in [-0.25, -0.2) is 0 Å². The van der Waals surface area contributed by atoms with Crippen molar-refractivity contribution < 1.29 is 9.47 Å². The summed E-state index contributed by atoms with van der Waals surface area (Å²) in [6.45, 7) is 11.9. The summed E-state index contributed by atoms with van der Waals surface area (Å²) in [4.78, 5) is 0. The molecule has 1 aromatic carbocycles. The number of nitrogens with one attached hydrogen (secondary N) is 1. The van der Waals surface area contributed by atoms with E-state index in [2.05, 4.69) is 33.0 Å². The molecule has 0 saturated carbocycles. The molecule has 1 N–H and O–H groups in total. The second kappa shape index (κ2) is 8.93. The largest absolute Gasteiger partial charge is 0.493 e. The van der Waals surface area contributed by atoms with E-state index >= 15 is 0 Å². The molecule has 0 fully saturated rings. The van der Waals surface area contributed by atoms with Crippen LogP contribution in [0.3, 0.4) is 0 Å². The molecule has 0 aliphatic heterocycles. The van der Waals surface area contributed by atoms with Gasteiger partial charge in [0.15, 0.2) is 11.5 Å². The molecule has 1 rings (SSSR count). The number of benzene rings is 1. The quantitative estimate of drug-likeness (QED) is 0.703. The van der Waals surface area contributed by atoms with Gasteiger partial charge in [0.2, 0.25) is 0 Å². The molecule has 0 saturated heterocycles. The number of hydrogen-bond acceptors (Lipinski definition) is 3. The fourth-order valence-corrected chi connectivity index (χ4v) is 2.20. The predicted molar refractivity (Wildman–Crippen MR) is 89.2 cm³/mol. The second-order valence-electron chi connectivity index (χ2n) is 6.44. The zero-order valence-corrected chi connectivity index (χ0v) is 14.2. The van der Waals surface area contributed by atoms with E-state index in [1.165, 1.54) is 0 Å². The minimum Gasteiger partial charge on any atom is -0.493 e. The topological polar surface area (TPSA) is 30.5 Å². The van der Waals surface area contributed by atoms with Gasteiger partial charge in [0.1, 0.15) is 0 Å². The first-order chi connectivity index (χ1) is 10.0. The SMILES string of the molecule is CCC(C)(CCOc1ccccc1OC)CNCC(C)C. The Kier molecular flexibility index (Phi) is 7.58. The van der Waals surface area contributed by atoms with Crippen molar-refractivity contribution in [2.45, 2.75) is 40.5 Å². The Labute approximate surface area is 130 Å². The van der Waals surface area contributed by atoms with Crippen LogP contribution in [0.15, 0.2) is 24.3 Å². The number of para-hydroxylation sites is 2. The van der Waals surface area contributed by atoms with Gasteiger partial charge in [-0.05, 0) is 42.9 Å². The van der Waals surface area contributed by atoms with Gasteiger partial charge in [-0.2, -0.15) is 0 Å². The first kappa shape index (κ1) is 17.8. The Morgan fingerprint density at radius 2 is 1.86 bits per heavy atom. The van der Waals surface area contributed by atoms with E-state index in [0.717, 1.165) is 37.4 Å². The minimum atomic E-state index is 0.275. The van der Waals surface area contributed by atoms with E-state index in [4.69, 9.17) is 9.47 Å². The molecule has 0 aliphatic rings. The van der Waals surface area contributed by atoms with Gasteiger partial charge >= 0.3 is 0 Å². The van der Waals surface area contributed by atoms with Crippen LogP contribution in [-0.2, 0) is 0 Å². The molecular formula is C18H31NO2. The first-order valence-electron chi connectivity index (χ1n) is 7.97. The van der Waals surface area contributed by atoms with Crippen molar-refractivity contribution in [2.75, 3.05) is 26.8 Å². The predicted octanol–water partition coefficient (Wildman–Crippen LogP) is 4.13. The molecular weight excluding hydrogens is 262 g/mol. The highest BCUT2D eigenvalue weighted by atomic mass is 16.5. The summed E-state index contributed by atoms with van der Waals surface area (Å²) in [7, 11) is 1.67. The summed E-state index contributed by atoms with van der Waals surface area (Å²) in [5, 5.41) is 3.57. The van der Waals surface area contributed by atoms with E-state index in [-0.39, 0.29) is 5.41 Å². The maximum absolute atomic E-state index is 5.90. The van der Waals surface area contributed by atoms with Crippen molar-refractivity contribution in [3.63, 3.8) is 0 Å². The van der Waals surface area contributed by atoms with Crippen LogP contribution < -0.4 is 14.8 Å². The molecule has 3 heteroatoms. The van der Waals surface area contributed by atoms with Gasteiger partial charge in [0.25, 0.3) is 0 Å². The normalized spacial score (nSPS) is 14.0. The number of ether oxygens (including phenoxy) is 2. The third-order valence-corrected chi connectivity index (χ3v) is 3.99. The summed E-state index contributed by atoms with van der Waals surface area (Å²) in [5.74, 6) is 2.32. The molecule has 3 nitrogen and oxygen atoms in total. The van der Waals surface area contributed by atoms with Gasteiger partial charge in [-0.15, -0.1) is 0 Å². The lowest BCUT2D eigenvalue weighted by molar-refractivity contribution is 0.194. The van der Waals surface area contributed by atoms with Gasteiger partial charge < -0.3 is 14.8 Å². The van der Waals surface area contributed by atoms with E-state index in [1.807, 2.05) is 24.3 Å². The average Bonchev–Trinajstić information content (AvgIpc) is 2.47. The fraction of sp³-hybridized carbons (Fsp3) is 0.667. The van der Waals surface area contributed by atoms with E-state index in [1.54, 1.807) is 7.11 Å². The molecule has 0 radical (unpaired) electrons. The highest BCUT2D eigenvalue weighted by Gasteiger charge is 2.22. The summed E-state index contributed by atoms with van der Waals surface area (Å²) in [6, 6.07) is 7.82. The maximum atomic E-state index is 5.90. The Morgan fingerprint density at radius 1 is 1.19 bits per heavy atom. The fourth-order valence-electron chi connectivity index (χ4n) is 2.20. The van der Waals surface area contributed by atoms with Gasteiger partial charge in [0.05, 0.1) is 13.7 Å². The lowest BCUT2D eigenvalue weighted by Gasteiger charge is -2.29. The summed E-state index contributed by atoms with van der Waals surface area (Å²) in [6.07, 6.45) is 2.18. The van der Waals surface area contributed by atoms with Crippen LogP contribution in [0.25, 0.3) is 0 Å². The van der Waals surface area contributed by atoms with Gasteiger partial charge in [-0.3, -0.25) is 0 Å². The smallest absolute Gasteiger partial charge is 0.161 e. The van der Waals surface area contributed by atoms with Crippen molar-refractivity contribution in [3.05, 3.63) is 24.3 Å². The molecule has 1 atom stereocenters. The van der Waals surface area contributed by atoms with Crippen molar-refractivity contribution in [1.29, 1.82) is 0 Å². The van der Waals surface area contributed by atoms with Crippen LogP contribution >= 0.6 is 0 Å². The molecule has 0 aromatic heterocycles. The molecule has 1 unspecified atom stereocenters. The van der Waals surface area contributed by atoms with Crippen LogP contribution in [0, 0.1) is 11.3 Å². The number of methoxy groups -OCH3 is 1. The van der Waals surface area contributed by atoms with Crippen LogP contribution in [0.5, 0.6) is 11.5 Å². The van der Waals surface area contributed by atoms with E-state index in [9.17, 15) is 0 Å². The lowest BCUT2D eigenvalue weighted by atomic mass is 9.84. The Morgan fingerprint density at radius 3 is 2.43 bits per heavy atom. The van der Waals surface area contributed by atoms with Crippen molar-refractivity contribution in [2.24, 2.45) is 11.3 Å². The lowest BCUT2D eigenvalue weighted by Crippen LogP contribution is -2.34. The second-order valence-corrected chi connectivity index (χ2v) is 6.44. The molecule has 120 valence electrons. The number of hydrogen-bond donors (Lipinski definition) is 1. The van der Waals surface area contributed by atoms with Crippen molar-refractivity contribution >= 4 is 0 Å². The molecule has 1 aromatic rings. The highest BCUT2D eigenvalue weighted by Crippen LogP contribution is 2.29. The van der Waals surface area contributed by atoms with Crippen LogP contribution in [0.1, 0.15) is 40.5 Å². The zero-order valence-electron chi connectivity index (χ0n) is 14.2. The third-order valence-electron chi connectivity index (χ3n) is 3.99. The summed E-state index contributed by atoms with van der Waals surface area (Å²) in [5.41, 5.74) is 0.275. The van der Waals surface area contributed by atoms with Crippen LogP contribution in [-0.4, -0.2) is 26.8 Å². The van der Waals surface area contributed by atoms with Gasteiger partial charge in [0, 0.05) is 6.54 Å². The maximum Gasteiger partial charge on any atom is 0.161 e. The monoisotopic (exact) mass is 293 g/mol. The molecule has 0 bridgehead atoms. The van der Waals surface area contributed by atoms with E-state index < -0.39 is 0 Å². The summed E-state index contributed by atoms with van der Waals surface area (Å²) >= 11 is 0. The molecule has 0 aliphatic carbocycles. The van der Waals surface area contributed by atoms with Crippen molar-refractivity contribution in [3.8, 4) is 11.5 Å². The number of rotatable bonds is 10. The molecule has 0 heterocycles. The van der Waals surface area contributed by atoms with Gasteiger partial charge in [-0.1, -0.05) is 39.8 Å². The highest BCUT2D eigenvalue weighted by molar-refractivity contribution is 5.39. The Balaban J connectivity index is 2.43. The third kappa shape index (κ3) is 6.38. The minimum absolute atomic E-state index is 0.275. The Hall–Kier alpha value is -1.22.